The zero-order chi connectivity index (χ0) is 12.8. The van der Waals surface area contributed by atoms with Crippen LogP contribution < -0.4 is 0 Å². The predicted molar refractivity (Wildman–Crippen MR) is 80.8 cm³/mol. The van der Waals surface area contributed by atoms with Crippen molar-refractivity contribution in [2.45, 2.75) is 6.54 Å². The standard InChI is InChI=1S/C16H17NO.ClH/c1-17(12-14-8-4-2-5-9-14)13-16(18)15-10-6-3-7-11-15;/h2-11H,12-13H2,1H3;1H. The van der Waals surface area contributed by atoms with Crippen LogP contribution in [0.2, 0.25) is 0 Å². The van der Waals surface area contributed by atoms with Gasteiger partial charge in [-0.25, -0.2) is 0 Å². The minimum atomic E-state index is 0. The van der Waals surface area contributed by atoms with Gasteiger partial charge in [0.25, 0.3) is 0 Å². The number of nitrogens with zero attached hydrogens (tertiary/aromatic N) is 1. The Morgan fingerprint density at radius 3 is 2.05 bits per heavy atom. The van der Waals surface area contributed by atoms with E-state index in [0.717, 1.165) is 12.1 Å². The fourth-order valence-corrected chi connectivity index (χ4v) is 1.91. The summed E-state index contributed by atoms with van der Waals surface area (Å²) in [5.74, 6) is 0.161. The highest BCUT2D eigenvalue weighted by atomic mass is 35.5. The van der Waals surface area contributed by atoms with Gasteiger partial charge in [0.15, 0.2) is 5.78 Å². The van der Waals surface area contributed by atoms with Crippen LogP contribution in [0.1, 0.15) is 15.9 Å². The van der Waals surface area contributed by atoms with Gasteiger partial charge < -0.3 is 0 Å². The zero-order valence-electron chi connectivity index (χ0n) is 11.0. The van der Waals surface area contributed by atoms with Crippen LogP contribution in [0.15, 0.2) is 60.7 Å². The van der Waals surface area contributed by atoms with Crippen LogP contribution in [0.4, 0.5) is 0 Å². The molecule has 100 valence electrons. The first kappa shape index (κ1) is 15.4. The van der Waals surface area contributed by atoms with Gasteiger partial charge in [0.2, 0.25) is 0 Å². The first-order chi connectivity index (χ1) is 8.75. The fraction of sp³-hybridized carbons (Fsp3) is 0.188. The van der Waals surface area contributed by atoms with E-state index in [2.05, 4.69) is 12.1 Å². The molecule has 2 aromatic carbocycles. The Kier molecular flexibility index (Phi) is 6.26. The van der Waals surface area contributed by atoms with Crippen molar-refractivity contribution in [3.8, 4) is 0 Å². The first-order valence-corrected chi connectivity index (χ1v) is 6.06. The summed E-state index contributed by atoms with van der Waals surface area (Å²) in [4.78, 5) is 14.0. The molecular formula is C16H18ClNO. The van der Waals surface area contributed by atoms with Crippen molar-refractivity contribution in [2.75, 3.05) is 13.6 Å². The maximum atomic E-state index is 12.0. The topological polar surface area (TPSA) is 20.3 Å². The van der Waals surface area contributed by atoms with Crippen molar-refractivity contribution in [1.82, 2.24) is 4.90 Å². The van der Waals surface area contributed by atoms with E-state index in [0.29, 0.717) is 6.54 Å². The van der Waals surface area contributed by atoms with Crippen LogP contribution in [0.25, 0.3) is 0 Å². The molecule has 0 aliphatic carbocycles. The molecule has 0 spiro atoms. The lowest BCUT2D eigenvalue weighted by molar-refractivity contribution is 0.0943. The smallest absolute Gasteiger partial charge is 0.176 e. The van der Waals surface area contributed by atoms with E-state index in [1.54, 1.807) is 0 Å². The molecule has 0 aliphatic rings. The highest BCUT2D eigenvalue weighted by Crippen LogP contribution is 2.05. The quantitative estimate of drug-likeness (QED) is 0.780. The van der Waals surface area contributed by atoms with Gasteiger partial charge in [-0.2, -0.15) is 0 Å². The molecule has 0 radical (unpaired) electrons. The van der Waals surface area contributed by atoms with Gasteiger partial charge in [0, 0.05) is 12.1 Å². The van der Waals surface area contributed by atoms with Crippen molar-refractivity contribution >= 4 is 18.2 Å². The van der Waals surface area contributed by atoms with Crippen molar-refractivity contribution < 1.29 is 4.79 Å². The van der Waals surface area contributed by atoms with Crippen molar-refractivity contribution in [2.24, 2.45) is 0 Å². The van der Waals surface area contributed by atoms with Crippen molar-refractivity contribution in [3.05, 3.63) is 71.8 Å². The summed E-state index contributed by atoms with van der Waals surface area (Å²) in [6, 6.07) is 19.6. The fourth-order valence-electron chi connectivity index (χ4n) is 1.91. The van der Waals surface area contributed by atoms with Gasteiger partial charge in [0.1, 0.15) is 0 Å². The Labute approximate surface area is 120 Å². The molecule has 0 N–H and O–H groups in total. The second kappa shape index (κ2) is 7.72. The van der Waals surface area contributed by atoms with E-state index in [4.69, 9.17) is 0 Å². The summed E-state index contributed by atoms with van der Waals surface area (Å²) < 4.78 is 0. The molecule has 0 atom stereocenters. The highest BCUT2D eigenvalue weighted by molar-refractivity contribution is 5.97. The first-order valence-electron chi connectivity index (χ1n) is 6.06. The van der Waals surface area contributed by atoms with Gasteiger partial charge >= 0.3 is 0 Å². The molecule has 0 amide bonds. The van der Waals surface area contributed by atoms with Gasteiger partial charge in [-0.3, -0.25) is 9.69 Å². The summed E-state index contributed by atoms with van der Waals surface area (Å²) in [6.45, 7) is 1.23. The van der Waals surface area contributed by atoms with E-state index in [-0.39, 0.29) is 18.2 Å². The Morgan fingerprint density at radius 2 is 1.47 bits per heavy atom. The lowest BCUT2D eigenvalue weighted by atomic mass is 10.1. The summed E-state index contributed by atoms with van der Waals surface area (Å²) >= 11 is 0. The van der Waals surface area contributed by atoms with E-state index in [9.17, 15) is 4.79 Å². The van der Waals surface area contributed by atoms with Gasteiger partial charge in [-0.05, 0) is 12.6 Å². The number of benzene rings is 2. The second-order valence-electron chi connectivity index (χ2n) is 4.45. The third kappa shape index (κ3) is 4.86. The Morgan fingerprint density at radius 1 is 0.947 bits per heavy atom. The Balaban J connectivity index is 0.00000180. The van der Waals surface area contributed by atoms with Crippen LogP contribution in [0.5, 0.6) is 0 Å². The summed E-state index contributed by atoms with van der Waals surface area (Å²) in [5.41, 5.74) is 2.00. The Hall–Kier alpha value is -1.64. The van der Waals surface area contributed by atoms with Crippen molar-refractivity contribution in [3.63, 3.8) is 0 Å². The lowest BCUT2D eigenvalue weighted by Crippen LogP contribution is -2.25. The van der Waals surface area contributed by atoms with Crippen molar-refractivity contribution in [1.29, 1.82) is 0 Å². The molecule has 0 heterocycles. The zero-order valence-corrected chi connectivity index (χ0v) is 11.8. The molecule has 0 unspecified atom stereocenters. The number of likely N-dealkylation sites (N-methyl/N-ethyl adjacent to an activating group) is 1. The monoisotopic (exact) mass is 275 g/mol. The molecule has 0 fully saturated rings. The summed E-state index contributed by atoms with van der Waals surface area (Å²) in [6.07, 6.45) is 0. The molecule has 2 aromatic rings. The molecule has 0 aromatic heterocycles. The Bertz CT molecular complexity index is 499. The minimum absolute atomic E-state index is 0. The third-order valence-electron chi connectivity index (χ3n) is 2.80. The van der Waals surface area contributed by atoms with E-state index >= 15 is 0 Å². The molecule has 0 saturated carbocycles. The van der Waals surface area contributed by atoms with Crippen LogP contribution in [0.3, 0.4) is 0 Å². The summed E-state index contributed by atoms with van der Waals surface area (Å²) in [7, 11) is 1.97. The van der Waals surface area contributed by atoms with Crippen LogP contribution in [-0.4, -0.2) is 24.3 Å². The van der Waals surface area contributed by atoms with E-state index in [1.807, 2.05) is 60.5 Å². The lowest BCUT2D eigenvalue weighted by Gasteiger charge is -2.15. The highest BCUT2D eigenvalue weighted by Gasteiger charge is 2.08. The van der Waals surface area contributed by atoms with Gasteiger partial charge in [-0.15, -0.1) is 12.4 Å². The number of carbonyl (C=O) groups is 1. The van der Waals surface area contributed by atoms with Crippen LogP contribution >= 0.6 is 12.4 Å². The number of hydrogen-bond acceptors (Lipinski definition) is 2. The SMILES string of the molecule is CN(CC(=O)c1ccccc1)Cc1ccccc1.Cl. The van der Waals surface area contributed by atoms with E-state index < -0.39 is 0 Å². The molecule has 0 aliphatic heterocycles. The number of rotatable bonds is 5. The molecule has 0 bridgehead atoms. The molecule has 0 saturated heterocycles. The number of carbonyl (C=O) groups excluding carboxylic acids is 1. The molecule has 2 rings (SSSR count). The number of halogens is 1. The average Bonchev–Trinajstić information content (AvgIpc) is 2.40. The van der Waals surface area contributed by atoms with Gasteiger partial charge in [-0.1, -0.05) is 60.7 Å². The molecule has 3 heteroatoms. The average molecular weight is 276 g/mol. The maximum absolute atomic E-state index is 12.0. The second-order valence-corrected chi connectivity index (χ2v) is 4.45. The molecule has 19 heavy (non-hydrogen) atoms. The van der Waals surface area contributed by atoms with Crippen LogP contribution in [-0.2, 0) is 6.54 Å². The predicted octanol–water partition coefficient (Wildman–Crippen LogP) is 3.42. The van der Waals surface area contributed by atoms with Gasteiger partial charge in [0.05, 0.1) is 6.54 Å². The maximum Gasteiger partial charge on any atom is 0.176 e. The largest absolute Gasteiger partial charge is 0.295 e. The van der Waals surface area contributed by atoms with Crippen LogP contribution in [0, 0.1) is 0 Å². The number of hydrogen-bond donors (Lipinski definition) is 0. The minimum Gasteiger partial charge on any atom is -0.295 e. The normalized spacial score (nSPS) is 10.0. The summed E-state index contributed by atoms with van der Waals surface area (Å²) in [5, 5.41) is 0. The number of Topliss-reactive ketones (excluding diaryl/α,β-unsaturated/α-hetero) is 1. The van der Waals surface area contributed by atoms with E-state index in [1.165, 1.54) is 5.56 Å². The number of ketones is 1. The molecule has 2 nitrogen and oxygen atoms in total. The third-order valence-corrected chi connectivity index (χ3v) is 2.80. The molecular weight excluding hydrogens is 258 g/mol.